The lowest BCUT2D eigenvalue weighted by Gasteiger charge is -2.30. The number of carbonyl (C=O) groups is 2. The number of rotatable bonds is 9. The fourth-order valence-corrected chi connectivity index (χ4v) is 8.39. The van der Waals surface area contributed by atoms with E-state index in [1.165, 1.54) is 18.5 Å². The molecule has 1 N–H and O–H groups in total. The predicted molar refractivity (Wildman–Crippen MR) is 186 cm³/mol. The van der Waals surface area contributed by atoms with Crippen LogP contribution < -0.4 is 13.8 Å². The first kappa shape index (κ1) is 34.4. The zero-order chi connectivity index (χ0) is 36.7. The average molecular weight is 727 g/mol. The molecular weight excluding hydrogens is 692 g/mol. The Morgan fingerprint density at radius 3 is 2.08 bits per heavy atom. The zero-order valence-corrected chi connectivity index (χ0v) is 29.6. The molecule has 52 heavy (non-hydrogen) atoms. The number of nitrogens with one attached hydrogen (secondary N) is 1. The number of fused-ring (bicyclic) bond motifs is 2. The van der Waals surface area contributed by atoms with E-state index < -0.39 is 34.3 Å². The summed E-state index contributed by atoms with van der Waals surface area (Å²) in [7, 11) is -1.86. The minimum absolute atomic E-state index is 0.0841. The maximum absolute atomic E-state index is 14.9. The Bertz CT molecular complexity index is 2410. The zero-order valence-electron chi connectivity index (χ0n) is 28.8. The second-order valence-corrected chi connectivity index (χ2v) is 14.0. The van der Waals surface area contributed by atoms with Gasteiger partial charge >= 0.3 is 24.2 Å². The van der Waals surface area contributed by atoms with Crippen molar-refractivity contribution in [2.45, 2.75) is 50.5 Å². The van der Waals surface area contributed by atoms with Gasteiger partial charge in [-0.05, 0) is 42.3 Å². The molecule has 0 amide bonds. The van der Waals surface area contributed by atoms with Crippen LogP contribution in [0.3, 0.4) is 0 Å². The SMILES string of the molecule is COC(=O)Oc1oc(C)nc1Cc1c([C@H]2[C@H](Cc3nc(C)oc3OC(=O)OC)c3ccccc3N2S(=O)(=O)c2ccc(C)cc2)[nH]c2ccccc12. The quantitative estimate of drug-likeness (QED) is 0.148. The van der Waals surface area contributed by atoms with E-state index in [-0.39, 0.29) is 41.4 Å². The number of nitrogens with zero attached hydrogens (tertiary/aromatic N) is 3. The van der Waals surface area contributed by atoms with Crippen LogP contribution in [-0.4, -0.2) is 49.9 Å². The molecule has 4 heterocycles. The number of benzene rings is 3. The van der Waals surface area contributed by atoms with Crippen LogP contribution >= 0.6 is 0 Å². The molecule has 3 aromatic heterocycles. The van der Waals surface area contributed by atoms with E-state index in [0.29, 0.717) is 33.9 Å². The van der Waals surface area contributed by atoms with Crippen molar-refractivity contribution in [3.05, 3.63) is 118 Å². The van der Waals surface area contributed by atoms with Gasteiger partial charge in [0.25, 0.3) is 10.0 Å². The highest BCUT2D eigenvalue weighted by molar-refractivity contribution is 7.92. The Kier molecular flexibility index (Phi) is 8.96. The van der Waals surface area contributed by atoms with Gasteiger partial charge in [-0.1, -0.05) is 54.1 Å². The first-order valence-corrected chi connectivity index (χ1v) is 17.7. The minimum atomic E-state index is -4.23. The van der Waals surface area contributed by atoms with Crippen LogP contribution in [0.4, 0.5) is 15.3 Å². The number of aromatic nitrogens is 3. The molecule has 0 spiro atoms. The van der Waals surface area contributed by atoms with Crippen molar-refractivity contribution in [2.75, 3.05) is 18.5 Å². The van der Waals surface area contributed by atoms with E-state index >= 15 is 0 Å². The molecule has 0 fully saturated rings. The van der Waals surface area contributed by atoms with Gasteiger partial charge in [-0.25, -0.2) is 28.0 Å². The van der Waals surface area contributed by atoms with Gasteiger partial charge in [-0.3, -0.25) is 4.31 Å². The van der Waals surface area contributed by atoms with Crippen LogP contribution in [0.2, 0.25) is 0 Å². The highest BCUT2D eigenvalue weighted by Crippen LogP contribution is 2.54. The lowest BCUT2D eigenvalue weighted by Crippen LogP contribution is -2.34. The van der Waals surface area contributed by atoms with Crippen LogP contribution in [-0.2, 0) is 32.3 Å². The molecule has 7 rings (SSSR count). The van der Waals surface area contributed by atoms with E-state index in [2.05, 4.69) is 15.0 Å². The first-order chi connectivity index (χ1) is 25.0. The smallest absolute Gasteiger partial charge is 0.437 e. The maximum atomic E-state index is 14.9. The Hall–Kier alpha value is -6.09. The van der Waals surface area contributed by atoms with Gasteiger partial charge in [0.1, 0.15) is 11.4 Å². The summed E-state index contributed by atoms with van der Waals surface area (Å²) in [5.74, 6) is -0.396. The Labute approximate surface area is 298 Å². The number of sulfonamides is 1. The molecule has 1 aliphatic rings. The molecule has 6 aromatic rings. The number of aromatic amines is 1. The van der Waals surface area contributed by atoms with Crippen LogP contribution in [0, 0.1) is 20.8 Å². The van der Waals surface area contributed by atoms with Crippen LogP contribution in [0.1, 0.15) is 57.5 Å². The third kappa shape index (κ3) is 6.23. The number of anilines is 1. The summed E-state index contributed by atoms with van der Waals surface area (Å²) in [4.78, 5) is 37.0. The highest BCUT2D eigenvalue weighted by atomic mass is 32.2. The van der Waals surface area contributed by atoms with Crippen molar-refractivity contribution in [1.82, 2.24) is 15.0 Å². The first-order valence-electron chi connectivity index (χ1n) is 16.2. The maximum Gasteiger partial charge on any atom is 0.516 e. The van der Waals surface area contributed by atoms with Crippen molar-refractivity contribution in [1.29, 1.82) is 0 Å². The third-order valence-electron chi connectivity index (χ3n) is 8.91. The van der Waals surface area contributed by atoms with Gasteiger partial charge in [-0.15, -0.1) is 0 Å². The number of hydrogen-bond donors (Lipinski definition) is 1. The fraction of sp³-hybridized carbons (Fsp3) is 0.243. The topological polar surface area (TPSA) is 176 Å². The summed E-state index contributed by atoms with van der Waals surface area (Å²) < 4.78 is 62.7. The summed E-state index contributed by atoms with van der Waals surface area (Å²) in [6.45, 7) is 5.12. The summed E-state index contributed by atoms with van der Waals surface area (Å²) in [5, 5.41) is 0.788. The fourth-order valence-electron chi connectivity index (χ4n) is 6.71. The van der Waals surface area contributed by atoms with Crippen molar-refractivity contribution >= 4 is 38.9 Å². The molecule has 3 aromatic carbocycles. The second kappa shape index (κ2) is 13.6. The molecule has 14 nitrogen and oxygen atoms in total. The second-order valence-electron chi connectivity index (χ2n) is 12.2. The van der Waals surface area contributed by atoms with Crippen molar-refractivity contribution in [3.63, 3.8) is 0 Å². The summed E-state index contributed by atoms with van der Waals surface area (Å²) in [6.07, 6.45) is -1.79. The van der Waals surface area contributed by atoms with Crippen LogP contribution in [0.15, 0.2) is 86.5 Å². The Morgan fingerprint density at radius 1 is 0.808 bits per heavy atom. The highest BCUT2D eigenvalue weighted by Gasteiger charge is 2.48. The lowest BCUT2D eigenvalue weighted by atomic mass is 9.87. The largest absolute Gasteiger partial charge is 0.516 e. The third-order valence-corrected chi connectivity index (χ3v) is 10.7. The average Bonchev–Trinajstić information content (AvgIpc) is 3.86. The number of hydrogen-bond acceptors (Lipinski definition) is 12. The molecule has 0 radical (unpaired) electrons. The molecule has 0 aliphatic carbocycles. The van der Waals surface area contributed by atoms with Crippen LogP contribution in [0.25, 0.3) is 10.9 Å². The van der Waals surface area contributed by atoms with Gasteiger partial charge in [0.15, 0.2) is 11.8 Å². The molecule has 0 unspecified atom stereocenters. The monoisotopic (exact) mass is 726 g/mol. The summed E-state index contributed by atoms with van der Waals surface area (Å²) in [5.41, 5.74) is 4.65. The number of ether oxygens (including phenoxy) is 4. The molecule has 0 bridgehead atoms. The molecule has 0 saturated carbocycles. The number of methoxy groups -OCH3 is 2. The van der Waals surface area contributed by atoms with E-state index in [0.717, 1.165) is 16.5 Å². The van der Waals surface area contributed by atoms with E-state index in [9.17, 15) is 18.0 Å². The number of aryl methyl sites for hydroxylation is 3. The van der Waals surface area contributed by atoms with Crippen molar-refractivity contribution in [2.24, 2.45) is 0 Å². The van der Waals surface area contributed by atoms with Gasteiger partial charge in [0, 0.05) is 49.2 Å². The van der Waals surface area contributed by atoms with Gasteiger partial charge in [0.2, 0.25) is 0 Å². The summed E-state index contributed by atoms with van der Waals surface area (Å²) in [6, 6.07) is 20.6. The minimum Gasteiger partial charge on any atom is -0.437 e. The Morgan fingerprint density at radius 2 is 1.40 bits per heavy atom. The van der Waals surface area contributed by atoms with Crippen molar-refractivity contribution < 1.29 is 45.8 Å². The van der Waals surface area contributed by atoms with E-state index in [4.69, 9.17) is 27.8 Å². The lowest BCUT2D eigenvalue weighted by molar-refractivity contribution is 0.109. The van der Waals surface area contributed by atoms with Crippen molar-refractivity contribution in [3.8, 4) is 11.9 Å². The van der Waals surface area contributed by atoms with E-state index in [1.807, 2.05) is 43.3 Å². The molecule has 1 aliphatic heterocycles. The van der Waals surface area contributed by atoms with E-state index in [1.54, 1.807) is 50.2 Å². The van der Waals surface area contributed by atoms with Gasteiger partial charge in [-0.2, -0.15) is 0 Å². The number of H-pyrrole nitrogens is 1. The predicted octanol–water partition coefficient (Wildman–Crippen LogP) is 7.23. The van der Waals surface area contributed by atoms with Crippen LogP contribution in [0.5, 0.6) is 11.9 Å². The number of carbonyl (C=O) groups excluding carboxylic acids is 2. The molecule has 268 valence electrons. The molecule has 0 saturated heterocycles. The molecule has 2 atom stereocenters. The number of para-hydroxylation sites is 2. The van der Waals surface area contributed by atoms with Gasteiger partial charge in [0.05, 0.1) is 30.8 Å². The Balaban J connectivity index is 1.46. The standard InChI is InChI=1S/C37H34N4O10S/c1-20-14-16-23(17-15-20)52(44,45)41-31-13-9-7-11-25(31)27(19-30-35(49-22(3)39-30)51-37(43)47-5)33(41)32-26(24-10-6-8-12-28(24)40-32)18-29-34(48-21(2)38-29)50-36(42)46-4/h6-17,27,33,40H,18-19H2,1-5H3/t27-,33-/m1/s1. The molecule has 15 heteroatoms. The molecular formula is C37H34N4O10S. The van der Waals surface area contributed by atoms with Gasteiger partial charge < -0.3 is 32.8 Å². The normalized spacial score (nSPS) is 15.4. The summed E-state index contributed by atoms with van der Waals surface area (Å²) >= 11 is 0. The number of oxazole rings is 2.